The van der Waals surface area contributed by atoms with Crippen molar-refractivity contribution >= 4 is 5.84 Å². The molecule has 2 aliphatic heterocycles. The van der Waals surface area contributed by atoms with Crippen LogP contribution in [0.5, 0.6) is 0 Å². The Morgan fingerprint density at radius 3 is 2.88 bits per heavy atom. The normalized spacial score (nSPS) is 25.7. The Morgan fingerprint density at radius 1 is 1.25 bits per heavy atom. The van der Waals surface area contributed by atoms with Gasteiger partial charge in [-0.15, -0.1) is 0 Å². The monoisotopic (exact) mass is 224 g/mol. The molecular weight excluding hydrogens is 200 g/mol. The van der Waals surface area contributed by atoms with Crippen LogP contribution in [0.3, 0.4) is 0 Å². The van der Waals surface area contributed by atoms with Crippen LogP contribution in [0.15, 0.2) is 4.99 Å². The number of hydrogen-bond donors (Lipinski definition) is 1. The first-order valence-electron chi connectivity index (χ1n) is 6.74. The fourth-order valence-electron chi connectivity index (χ4n) is 2.59. The Balaban J connectivity index is 1.80. The van der Waals surface area contributed by atoms with E-state index in [1.807, 2.05) is 0 Å². The van der Waals surface area contributed by atoms with Crippen LogP contribution in [-0.4, -0.2) is 31.6 Å². The maximum atomic E-state index is 5.40. The first-order chi connectivity index (χ1) is 7.86. The maximum Gasteiger partial charge on any atom is 0.0965 e. The molecule has 2 heterocycles. The van der Waals surface area contributed by atoms with Crippen molar-refractivity contribution in [3.63, 3.8) is 0 Å². The molecule has 0 bridgehead atoms. The molecule has 0 radical (unpaired) electrons. The summed E-state index contributed by atoms with van der Waals surface area (Å²) >= 11 is 0. The van der Waals surface area contributed by atoms with Gasteiger partial charge >= 0.3 is 0 Å². The van der Waals surface area contributed by atoms with Gasteiger partial charge in [-0.1, -0.05) is 6.42 Å². The van der Waals surface area contributed by atoms with Crippen LogP contribution in [0.1, 0.15) is 45.4 Å². The molecule has 1 saturated heterocycles. The van der Waals surface area contributed by atoms with E-state index in [9.17, 15) is 0 Å². The Hall–Kier alpha value is -0.570. The molecule has 92 valence electrons. The summed E-state index contributed by atoms with van der Waals surface area (Å²) in [5.41, 5.74) is 0. The molecule has 2 aliphatic rings. The summed E-state index contributed by atoms with van der Waals surface area (Å²) in [5, 5.41) is 3.62. The second-order valence-corrected chi connectivity index (χ2v) is 5.02. The highest BCUT2D eigenvalue weighted by atomic mass is 16.5. The number of hydrogen-bond acceptors (Lipinski definition) is 3. The van der Waals surface area contributed by atoms with Crippen LogP contribution in [0.25, 0.3) is 0 Å². The molecule has 1 N–H and O–H groups in total. The SMILES string of the molecule is CC(NC1=NCCCCC1)C1CCOCC1. The third kappa shape index (κ3) is 3.48. The lowest BCUT2D eigenvalue weighted by atomic mass is 9.93. The second kappa shape index (κ2) is 6.24. The lowest BCUT2D eigenvalue weighted by molar-refractivity contribution is 0.0581. The third-order valence-corrected chi connectivity index (χ3v) is 3.74. The van der Waals surface area contributed by atoms with Crippen molar-refractivity contribution in [3.8, 4) is 0 Å². The molecule has 0 aromatic heterocycles. The van der Waals surface area contributed by atoms with Gasteiger partial charge in [0.25, 0.3) is 0 Å². The third-order valence-electron chi connectivity index (χ3n) is 3.74. The Bertz CT molecular complexity index is 234. The van der Waals surface area contributed by atoms with E-state index in [4.69, 9.17) is 4.74 Å². The van der Waals surface area contributed by atoms with Crippen molar-refractivity contribution in [2.45, 2.75) is 51.5 Å². The highest BCUT2D eigenvalue weighted by Gasteiger charge is 2.21. The first-order valence-corrected chi connectivity index (χ1v) is 6.74. The highest BCUT2D eigenvalue weighted by molar-refractivity contribution is 5.82. The maximum absolute atomic E-state index is 5.40. The van der Waals surface area contributed by atoms with E-state index in [1.54, 1.807) is 0 Å². The summed E-state index contributed by atoms with van der Waals surface area (Å²) < 4.78 is 5.40. The molecule has 3 nitrogen and oxygen atoms in total. The second-order valence-electron chi connectivity index (χ2n) is 5.02. The standard InChI is InChI=1S/C13H24N2O/c1-11(12-6-9-16-10-7-12)15-13-5-3-2-4-8-14-13/h11-12H,2-10H2,1H3,(H,14,15). The molecule has 1 atom stereocenters. The van der Waals surface area contributed by atoms with Crippen LogP contribution in [0.2, 0.25) is 0 Å². The molecule has 0 saturated carbocycles. The number of aliphatic imine (C=N–C) groups is 1. The summed E-state index contributed by atoms with van der Waals surface area (Å²) in [7, 11) is 0. The zero-order valence-corrected chi connectivity index (χ0v) is 10.4. The quantitative estimate of drug-likeness (QED) is 0.781. The highest BCUT2D eigenvalue weighted by Crippen LogP contribution is 2.19. The van der Waals surface area contributed by atoms with Crippen molar-refractivity contribution in [1.82, 2.24) is 5.32 Å². The fraction of sp³-hybridized carbons (Fsp3) is 0.923. The van der Waals surface area contributed by atoms with E-state index >= 15 is 0 Å². The molecule has 0 spiro atoms. The summed E-state index contributed by atoms with van der Waals surface area (Å²) in [6, 6.07) is 0.556. The van der Waals surface area contributed by atoms with Crippen molar-refractivity contribution in [1.29, 1.82) is 0 Å². The van der Waals surface area contributed by atoms with Crippen LogP contribution in [0.4, 0.5) is 0 Å². The zero-order valence-electron chi connectivity index (χ0n) is 10.4. The molecule has 1 fully saturated rings. The van der Waals surface area contributed by atoms with Crippen molar-refractivity contribution in [2.75, 3.05) is 19.8 Å². The van der Waals surface area contributed by atoms with Gasteiger partial charge in [-0.3, -0.25) is 4.99 Å². The van der Waals surface area contributed by atoms with Crippen LogP contribution in [0, 0.1) is 5.92 Å². The predicted octanol–water partition coefficient (Wildman–Crippen LogP) is 2.36. The molecule has 3 heteroatoms. The molecule has 0 aromatic carbocycles. The average Bonchev–Trinajstić information content (AvgIpc) is 2.59. The van der Waals surface area contributed by atoms with Crippen LogP contribution in [-0.2, 0) is 4.74 Å². The van der Waals surface area contributed by atoms with Gasteiger partial charge in [-0.25, -0.2) is 0 Å². The van der Waals surface area contributed by atoms with Gasteiger partial charge in [0.15, 0.2) is 0 Å². The topological polar surface area (TPSA) is 33.6 Å². The number of ether oxygens (including phenoxy) is 1. The van der Waals surface area contributed by atoms with Crippen molar-refractivity contribution in [3.05, 3.63) is 0 Å². The average molecular weight is 224 g/mol. The fourth-order valence-corrected chi connectivity index (χ4v) is 2.59. The number of amidine groups is 1. The summed E-state index contributed by atoms with van der Waals surface area (Å²) in [6.45, 7) is 5.18. The molecule has 0 aromatic rings. The first kappa shape index (κ1) is 11.9. The van der Waals surface area contributed by atoms with E-state index in [1.165, 1.54) is 37.9 Å². The summed E-state index contributed by atoms with van der Waals surface area (Å²) in [5.74, 6) is 2.01. The number of nitrogens with one attached hydrogen (secondary N) is 1. The van der Waals surface area contributed by atoms with E-state index in [0.717, 1.165) is 32.1 Å². The van der Waals surface area contributed by atoms with Gasteiger partial charge in [0.2, 0.25) is 0 Å². The van der Waals surface area contributed by atoms with E-state index < -0.39 is 0 Å². The van der Waals surface area contributed by atoms with E-state index in [-0.39, 0.29) is 0 Å². The van der Waals surface area contributed by atoms with Crippen molar-refractivity contribution < 1.29 is 4.74 Å². The molecular formula is C13H24N2O. The lowest BCUT2D eigenvalue weighted by Gasteiger charge is -2.29. The molecule has 0 aliphatic carbocycles. The van der Waals surface area contributed by atoms with Gasteiger partial charge in [-0.05, 0) is 38.5 Å². The van der Waals surface area contributed by atoms with E-state index in [0.29, 0.717) is 6.04 Å². The van der Waals surface area contributed by atoms with Crippen LogP contribution < -0.4 is 5.32 Å². The van der Waals surface area contributed by atoms with E-state index in [2.05, 4.69) is 17.2 Å². The van der Waals surface area contributed by atoms with Gasteiger partial charge in [-0.2, -0.15) is 0 Å². The number of rotatable bonds is 2. The van der Waals surface area contributed by atoms with Gasteiger partial charge < -0.3 is 10.1 Å². The molecule has 16 heavy (non-hydrogen) atoms. The smallest absolute Gasteiger partial charge is 0.0965 e. The zero-order chi connectivity index (χ0) is 11.2. The minimum atomic E-state index is 0.556. The Kier molecular flexibility index (Phi) is 4.64. The van der Waals surface area contributed by atoms with Crippen molar-refractivity contribution in [2.24, 2.45) is 10.9 Å². The molecule has 0 amide bonds. The largest absolute Gasteiger partial charge is 0.381 e. The minimum absolute atomic E-state index is 0.556. The summed E-state index contributed by atoms with van der Waals surface area (Å²) in [4.78, 5) is 4.63. The Labute approximate surface area is 98.7 Å². The van der Waals surface area contributed by atoms with Gasteiger partial charge in [0.1, 0.15) is 0 Å². The minimum Gasteiger partial charge on any atom is -0.381 e. The molecule has 2 rings (SSSR count). The van der Waals surface area contributed by atoms with Crippen LogP contribution >= 0.6 is 0 Å². The summed E-state index contributed by atoms with van der Waals surface area (Å²) in [6.07, 6.45) is 7.43. The molecule has 1 unspecified atom stereocenters. The Morgan fingerprint density at radius 2 is 2.06 bits per heavy atom. The predicted molar refractivity (Wildman–Crippen MR) is 66.9 cm³/mol. The lowest BCUT2D eigenvalue weighted by Crippen LogP contribution is -2.40. The number of nitrogens with zero attached hydrogens (tertiary/aromatic N) is 1. The van der Waals surface area contributed by atoms with Gasteiger partial charge in [0.05, 0.1) is 5.84 Å². The van der Waals surface area contributed by atoms with Gasteiger partial charge in [0, 0.05) is 32.2 Å².